The van der Waals surface area contributed by atoms with Crippen LogP contribution in [0.5, 0.6) is 0 Å². The van der Waals surface area contributed by atoms with Gasteiger partial charge < -0.3 is 15.0 Å². The Hall–Kier alpha value is -1.24. The van der Waals surface area contributed by atoms with Crippen LogP contribution in [0.3, 0.4) is 0 Å². The van der Waals surface area contributed by atoms with Crippen LogP contribution < -0.4 is 5.73 Å². The molecular formula is C9H11N3O2S. The third-order valence-corrected chi connectivity index (χ3v) is 2.57. The normalized spacial score (nSPS) is 12.9. The monoisotopic (exact) mass is 225 g/mol. The maximum atomic E-state index is 5.75. The van der Waals surface area contributed by atoms with Gasteiger partial charge in [0.1, 0.15) is 6.04 Å². The molecule has 2 N–H and O–H groups in total. The van der Waals surface area contributed by atoms with Gasteiger partial charge in [0.05, 0.1) is 6.61 Å². The van der Waals surface area contributed by atoms with Crippen LogP contribution in [0.2, 0.25) is 0 Å². The van der Waals surface area contributed by atoms with E-state index in [-0.39, 0.29) is 6.04 Å². The summed E-state index contributed by atoms with van der Waals surface area (Å²) in [4.78, 5) is 4.20. The molecule has 2 aromatic rings. The molecule has 0 aliphatic carbocycles. The highest BCUT2D eigenvalue weighted by molar-refractivity contribution is 7.08. The average molecular weight is 225 g/mol. The summed E-state index contributed by atoms with van der Waals surface area (Å²) in [6, 6.07) is 1.57. The van der Waals surface area contributed by atoms with Crippen LogP contribution in [0, 0.1) is 0 Å². The predicted molar refractivity (Wildman–Crippen MR) is 56.4 cm³/mol. The minimum atomic E-state index is -0.366. The highest BCUT2D eigenvalue weighted by Crippen LogP contribution is 2.20. The molecule has 1 atom stereocenters. The third kappa shape index (κ3) is 2.23. The highest BCUT2D eigenvalue weighted by Gasteiger charge is 2.15. The van der Waals surface area contributed by atoms with Crippen molar-refractivity contribution in [2.75, 3.05) is 13.7 Å². The summed E-state index contributed by atoms with van der Waals surface area (Å²) in [5, 5.41) is 7.76. The van der Waals surface area contributed by atoms with E-state index in [1.807, 2.05) is 16.8 Å². The van der Waals surface area contributed by atoms with Gasteiger partial charge in [0, 0.05) is 18.1 Å². The Labute approximate surface area is 90.9 Å². The molecular weight excluding hydrogens is 214 g/mol. The van der Waals surface area contributed by atoms with Crippen LogP contribution in [0.1, 0.15) is 11.9 Å². The van der Waals surface area contributed by atoms with E-state index >= 15 is 0 Å². The predicted octanol–water partition coefficient (Wildman–Crippen LogP) is 1.44. The zero-order valence-electron chi connectivity index (χ0n) is 8.21. The first-order valence-electron chi connectivity index (χ1n) is 4.42. The molecule has 0 aromatic carbocycles. The summed E-state index contributed by atoms with van der Waals surface area (Å²) >= 11 is 1.58. The van der Waals surface area contributed by atoms with Gasteiger partial charge in [-0.25, -0.2) is 0 Å². The molecule has 0 spiro atoms. The Morgan fingerprint density at radius 2 is 2.53 bits per heavy atom. The lowest BCUT2D eigenvalue weighted by atomic mass is 10.3. The zero-order chi connectivity index (χ0) is 10.7. The van der Waals surface area contributed by atoms with Crippen LogP contribution in [0.15, 0.2) is 21.3 Å². The lowest BCUT2D eigenvalue weighted by Crippen LogP contribution is -2.16. The minimum Gasteiger partial charge on any atom is -0.383 e. The molecule has 2 rings (SSSR count). The second-order valence-electron chi connectivity index (χ2n) is 3.03. The summed E-state index contributed by atoms with van der Waals surface area (Å²) in [6.45, 7) is 0.366. The van der Waals surface area contributed by atoms with Gasteiger partial charge >= 0.3 is 0 Å². The van der Waals surface area contributed by atoms with Gasteiger partial charge in [-0.15, -0.1) is 0 Å². The SMILES string of the molecule is COCC(N)c1nc(-c2ccsc2)no1. The lowest BCUT2D eigenvalue weighted by Gasteiger charge is -2.02. The summed E-state index contributed by atoms with van der Waals surface area (Å²) in [7, 11) is 1.58. The Kier molecular flexibility index (Phi) is 3.10. The molecule has 80 valence electrons. The molecule has 0 radical (unpaired) electrons. The number of nitrogens with zero attached hydrogens (tertiary/aromatic N) is 2. The van der Waals surface area contributed by atoms with Crippen LogP contribution in [-0.2, 0) is 4.74 Å². The van der Waals surface area contributed by atoms with E-state index in [1.165, 1.54) is 0 Å². The van der Waals surface area contributed by atoms with Crippen molar-refractivity contribution in [1.29, 1.82) is 0 Å². The highest BCUT2D eigenvalue weighted by atomic mass is 32.1. The van der Waals surface area contributed by atoms with Crippen LogP contribution >= 0.6 is 11.3 Å². The van der Waals surface area contributed by atoms with E-state index in [0.717, 1.165) is 5.56 Å². The fourth-order valence-corrected chi connectivity index (χ4v) is 1.78. The molecule has 5 nitrogen and oxygen atoms in total. The lowest BCUT2D eigenvalue weighted by molar-refractivity contribution is 0.166. The summed E-state index contributed by atoms with van der Waals surface area (Å²) in [5.74, 6) is 0.968. The van der Waals surface area contributed by atoms with E-state index in [0.29, 0.717) is 18.3 Å². The van der Waals surface area contributed by atoms with E-state index < -0.39 is 0 Å². The second-order valence-corrected chi connectivity index (χ2v) is 3.81. The van der Waals surface area contributed by atoms with Gasteiger partial charge in [0.25, 0.3) is 0 Å². The van der Waals surface area contributed by atoms with Crippen molar-refractivity contribution in [2.24, 2.45) is 5.73 Å². The van der Waals surface area contributed by atoms with Crippen molar-refractivity contribution in [2.45, 2.75) is 6.04 Å². The third-order valence-electron chi connectivity index (χ3n) is 1.88. The largest absolute Gasteiger partial charge is 0.383 e. The number of hydrogen-bond acceptors (Lipinski definition) is 6. The molecule has 0 amide bonds. The molecule has 0 aliphatic heterocycles. The van der Waals surface area contributed by atoms with Crippen LogP contribution in [-0.4, -0.2) is 23.9 Å². The van der Waals surface area contributed by atoms with E-state index in [9.17, 15) is 0 Å². The number of methoxy groups -OCH3 is 1. The van der Waals surface area contributed by atoms with Gasteiger partial charge in [-0.05, 0) is 11.4 Å². The first-order chi connectivity index (χ1) is 7.31. The first-order valence-corrected chi connectivity index (χ1v) is 5.36. The van der Waals surface area contributed by atoms with Crippen molar-refractivity contribution in [3.63, 3.8) is 0 Å². The molecule has 1 unspecified atom stereocenters. The first kappa shape index (κ1) is 10.3. The smallest absolute Gasteiger partial charge is 0.246 e. The Balaban J connectivity index is 2.17. The van der Waals surface area contributed by atoms with Gasteiger partial charge in [-0.3, -0.25) is 0 Å². The van der Waals surface area contributed by atoms with E-state index in [2.05, 4.69) is 10.1 Å². The molecule has 0 saturated carbocycles. The van der Waals surface area contributed by atoms with E-state index in [1.54, 1.807) is 18.4 Å². The molecule has 15 heavy (non-hydrogen) atoms. The fraction of sp³-hybridized carbons (Fsp3) is 0.333. The van der Waals surface area contributed by atoms with Crippen molar-refractivity contribution in [3.05, 3.63) is 22.7 Å². The summed E-state index contributed by atoms with van der Waals surface area (Å²) in [5.41, 5.74) is 6.70. The van der Waals surface area contributed by atoms with E-state index in [4.69, 9.17) is 15.0 Å². The molecule has 0 bridgehead atoms. The molecule has 0 aliphatic rings. The van der Waals surface area contributed by atoms with Gasteiger partial charge in [-0.2, -0.15) is 16.3 Å². The maximum absolute atomic E-state index is 5.75. The van der Waals surface area contributed by atoms with Crippen molar-refractivity contribution in [1.82, 2.24) is 10.1 Å². The zero-order valence-corrected chi connectivity index (χ0v) is 9.03. The second kappa shape index (κ2) is 4.52. The Morgan fingerprint density at radius 1 is 1.67 bits per heavy atom. The van der Waals surface area contributed by atoms with Gasteiger partial charge in [0.15, 0.2) is 0 Å². The number of thiophene rings is 1. The molecule has 0 saturated heterocycles. The number of rotatable bonds is 4. The fourth-order valence-electron chi connectivity index (χ4n) is 1.15. The van der Waals surface area contributed by atoms with Gasteiger partial charge in [0.2, 0.25) is 11.7 Å². The Morgan fingerprint density at radius 3 is 3.20 bits per heavy atom. The molecule has 0 fully saturated rings. The Bertz CT molecular complexity index is 413. The van der Waals surface area contributed by atoms with Crippen molar-refractivity contribution < 1.29 is 9.26 Å². The topological polar surface area (TPSA) is 74.2 Å². The molecule has 2 aromatic heterocycles. The number of hydrogen-bond donors (Lipinski definition) is 1. The summed E-state index contributed by atoms with van der Waals surface area (Å²) < 4.78 is 9.95. The number of ether oxygens (including phenoxy) is 1. The number of aromatic nitrogens is 2. The number of nitrogens with two attached hydrogens (primary N) is 1. The van der Waals surface area contributed by atoms with Crippen molar-refractivity contribution in [3.8, 4) is 11.4 Å². The summed E-state index contributed by atoms with van der Waals surface area (Å²) in [6.07, 6.45) is 0. The maximum Gasteiger partial charge on any atom is 0.246 e. The van der Waals surface area contributed by atoms with Crippen LogP contribution in [0.25, 0.3) is 11.4 Å². The minimum absolute atomic E-state index is 0.366. The molecule has 2 heterocycles. The standard InChI is InChI=1S/C9H11N3O2S/c1-13-4-7(10)9-11-8(12-14-9)6-2-3-15-5-6/h2-3,5,7H,4,10H2,1H3. The van der Waals surface area contributed by atoms with Crippen LogP contribution in [0.4, 0.5) is 0 Å². The average Bonchev–Trinajstić information content (AvgIpc) is 2.89. The van der Waals surface area contributed by atoms with Crippen molar-refractivity contribution >= 4 is 11.3 Å². The quantitative estimate of drug-likeness (QED) is 0.852. The molecule has 6 heteroatoms. The van der Waals surface area contributed by atoms with Gasteiger partial charge in [-0.1, -0.05) is 5.16 Å².